The number of ketones is 1. The Hall–Kier alpha value is -7.52. The number of rotatable bonds is 19. The van der Waals surface area contributed by atoms with E-state index in [0.29, 0.717) is 66.4 Å². The maximum atomic E-state index is 15.7. The number of carbonyl (C=O) groups is 5. The third kappa shape index (κ3) is 11.2. The number of nitrogens with zero attached hydrogens (tertiary/aromatic N) is 8. The number of aromatic nitrogens is 6. The number of likely N-dealkylation sites (tertiary alicyclic amines) is 1. The normalized spacial score (nSPS) is 18.1. The average Bonchev–Trinajstić information content (AvgIpc) is 3.85. The van der Waals surface area contributed by atoms with Gasteiger partial charge in [-0.15, -0.1) is 11.3 Å². The summed E-state index contributed by atoms with van der Waals surface area (Å²) in [5.41, 5.74) is 10.1. The maximum Gasteiger partial charge on any atom is 0.264 e. The van der Waals surface area contributed by atoms with Crippen molar-refractivity contribution in [3.05, 3.63) is 118 Å². The van der Waals surface area contributed by atoms with E-state index >= 15 is 4.39 Å². The highest BCUT2D eigenvalue weighted by Gasteiger charge is 2.39. The number of ether oxygens (including phenoxy) is 1. The van der Waals surface area contributed by atoms with E-state index < -0.39 is 17.6 Å². The van der Waals surface area contributed by atoms with Gasteiger partial charge in [-0.1, -0.05) is 31.4 Å². The Kier molecular flexibility index (Phi) is 15.1. The van der Waals surface area contributed by atoms with Crippen molar-refractivity contribution in [2.24, 2.45) is 17.6 Å². The van der Waals surface area contributed by atoms with Crippen LogP contribution in [-0.4, -0.2) is 133 Å². The number of piperazine rings is 1. The van der Waals surface area contributed by atoms with Crippen molar-refractivity contribution in [1.82, 2.24) is 54.9 Å². The van der Waals surface area contributed by atoms with Crippen LogP contribution in [-0.2, 0) is 14.4 Å². The van der Waals surface area contributed by atoms with Crippen LogP contribution in [0.1, 0.15) is 107 Å². The predicted octanol–water partition coefficient (Wildman–Crippen LogP) is 5.97. The summed E-state index contributed by atoms with van der Waals surface area (Å²) in [4.78, 5) is 86.2. The van der Waals surface area contributed by atoms with Crippen molar-refractivity contribution in [3.8, 4) is 17.0 Å². The molecule has 2 atom stereocenters. The summed E-state index contributed by atoms with van der Waals surface area (Å²) in [7, 11) is 1.63. The molecular formula is C53H60FN13O6S. The van der Waals surface area contributed by atoms with Gasteiger partial charge in [0.15, 0.2) is 11.5 Å². The zero-order valence-electron chi connectivity index (χ0n) is 41.2. The van der Waals surface area contributed by atoms with Crippen molar-refractivity contribution in [2.45, 2.75) is 69.7 Å². The number of anilines is 2. The molecule has 2 saturated heterocycles. The van der Waals surface area contributed by atoms with Crippen LogP contribution in [0, 0.1) is 17.7 Å². The van der Waals surface area contributed by atoms with E-state index in [4.69, 9.17) is 20.4 Å². The summed E-state index contributed by atoms with van der Waals surface area (Å²) in [5, 5.41) is 18.2. The van der Waals surface area contributed by atoms with Crippen LogP contribution in [0.3, 0.4) is 0 Å². The van der Waals surface area contributed by atoms with Gasteiger partial charge in [0.2, 0.25) is 17.6 Å². The molecule has 2 aliphatic carbocycles. The van der Waals surface area contributed by atoms with Gasteiger partial charge in [-0.05, 0) is 80.9 Å². The predicted molar refractivity (Wildman–Crippen MR) is 275 cm³/mol. The molecule has 19 nitrogen and oxygen atoms in total. The quantitative estimate of drug-likeness (QED) is 0.0358. The maximum absolute atomic E-state index is 15.7. The fourth-order valence-corrected chi connectivity index (χ4v) is 11.3. The molecule has 0 spiro atoms. The van der Waals surface area contributed by atoms with Crippen LogP contribution in [0.15, 0.2) is 84.4 Å². The van der Waals surface area contributed by atoms with Crippen molar-refractivity contribution in [3.63, 3.8) is 0 Å². The number of nitrogens with one attached hydrogen (secondary N) is 4. The topological polar surface area (TPSA) is 238 Å². The second kappa shape index (κ2) is 22.3. The molecule has 2 saturated carbocycles. The summed E-state index contributed by atoms with van der Waals surface area (Å²) < 4.78 is 23.6. The molecule has 0 bridgehead atoms. The van der Waals surface area contributed by atoms with Crippen LogP contribution in [0.4, 0.5) is 15.9 Å². The van der Waals surface area contributed by atoms with Crippen molar-refractivity contribution in [1.29, 1.82) is 0 Å². The fraction of sp³-hybridized carbons (Fsp3) is 0.415. The molecule has 0 unspecified atom stereocenters. The highest BCUT2D eigenvalue weighted by Crippen LogP contribution is 2.41. The van der Waals surface area contributed by atoms with Gasteiger partial charge < -0.3 is 36.2 Å². The van der Waals surface area contributed by atoms with Crippen LogP contribution in [0.2, 0.25) is 0 Å². The highest BCUT2D eigenvalue weighted by molar-refractivity contribution is 7.10. The molecular weight excluding hydrogens is 966 g/mol. The molecule has 74 heavy (non-hydrogen) atoms. The number of nitrogens with two attached hydrogens (primary N) is 1. The Labute approximate surface area is 431 Å². The number of carbonyl (C=O) groups excluding carboxylic acids is 5. The van der Waals surface area contributed by atoms with E-state index in [1.807, 2.05) is 20.4 Å². The zero-order valence-corrected chi connectivity index (χ0v) is 42.0. The first kappa shape index (κ1) is 50.0. The van der Waals surface area contributed by atoms with Crippen LogP contribution in [0.25, 0.3) is 16.9 Å². The van der Waals surface area contributed by atoms with Crippen molar-refractivity contribution in [2.75, 3.05) is 64.8 Å². The average molecular weight is 1030 g/mol. The summed E-state index contributed by atoms with van der Waals surface area (Å²) in [6, 6.07) is 10.9. The van der Waals surface area contributed by atoms with Gasteiger partial charge in [-0.2, -0.15) is 5.10 Å². The van der Waals surface area contributed by atoms with Crippen LogP contribution in [0.5, 0.6) is 5.75 Å². The number of primary amides is 1. The Morgan fingerprint density at radius 1 is 0.946 bits per heavy atom. The Morgan fingerprint density at radius 2 is 1.77 bits per heavy atom. The molecule has 2 aliphatic heterocycles. The Bertz CT molecular complexity index is 3070. The minimum atomic E-state index is -0.601. The second-order valence-electron chi connectivity index (χ2n) is 19.4. The smallest absolute Gasteiger partial charge is 0.264 e. The molecule has 2 aromatic carbocycles. The lowest BCUT2D eigenvalue weighted by Gasteiger charge is -2.34. The van der Waals surface area contributed by atoms with Gasteiger partial charge in [-0.25, -0.2) is 19.3 Å². The largest absolute Gasteiger partial charge is 0.492 e. The molecule has 10 rings (SSSR count). The van der Waals surface area contributed by atoms with Gasteiger partial charge in [-0.3, -0.25) is 38.4 Å². The first-order valence-electron chi connectivity index (χ1n) is 25.5. The molecule has 6 aromatic rings. The molecule has 0 radical (unpaired) electrons. The Balaban J connectivity index is 0.674. The fourth-order valence-electron chi connectivity index (χ4n) is 10.3. The Morgan fingerprint density at radius 3 is 2.51 bits per heavy atom. The van der Waals surface area contributed by atoms with Gasteiger partial charge >= 0.3 is 0 Å². The summed E-state index contributed by atoms with van der Waals surface area (Å²) in [6.45, 7) is 2.78. The minimum absolute atomic E-state index is 0.0420. The molecule has 386 valence electrons. The molecule has 21 heteroatoms. The lowest BCUT2D eigenvalue weighted by Crippen LogP contribution is -2.51. The molecule has 4 aliphatic rings. The SMILES string of the molecule is CNC(=C[C@@H](C(=O)N1CCC[C@H]1c1nc(C(=O)c2cccc(OCCNC(=O)CN3CCN(C(=O)c4ccc(Nc5nc(C6CC6)cn6c(-c7cn[nH]c7)cnc56)c(F)c4)CC3)c2)cs1)C1CCCCC1)C(N)=O. The molecule has 4 aromatic heterocycles. The van der Waals surface area contributed by atoms with Gasteiger partial charge in [0, 0.05) is 80.2 Å². The van der Waals surface area contributed by atoms with E-state index in [1.54, 1.807) is 78.4 Å². The third-order valence-corrected chi connectivity index (χ3v) is 15.4. The van der Waals surface area contributed by atoms with Crippen LogP contribution >= 0.6 is 11.3 Å². The number of hydrogen-bond donors (Lipinski definition) is 5. The van der Waals surface area contributed by atoms with Gasteiger partial charge in [0.1, 0.15) is 28.9 Å². The number of thiazole rings is 1. The van der Waals surface area contributed by atoms with E-state index in [-0.39, 0.29) is 77.8 Å². The summed E-state index contributed by atoms with van der Waals surface area (Å²) in [5.74, 6) is -1.16. The number of H-pyrrole nitrogens is 1. The minimum Gasteiger partial charge on any atom is -0.492 e. The number of halogens is 1. The monoisotopic (exact) mass is 1030 g/mol. The molecule has 4 fully saturated rings. The van der Waals surface area contributed by atoms with Gasteiger partial charge in [0.25, 0.3) is 11.8 Å². The standard InChI is InChI=1S/C53H60FN13O6S/c1-56-41(48(55)70)25-38(32-7-3-2-4-8-32)53(72)66-17-6-11-44(66)51-63-43(31-74-51)47(69)34-9-5-10-37(23-34)73-22-16-57-46(68)30-64-18-20-65(21-19-64)52(71)35-14-15-40(39(54)24-35)61-49-50-58-28-45(36-26-59-60-27-36)67(50)29-42(62-49)33-12-13-33/h5,9-10,14-15,23-29,31-33,38,44,56H,2-4,6-8,11-13,16-22,30H2,1H3,(H2,55,70)(H,57,68)(H,59,60)(H,61,62)/t38-,44+/m1/s1. The van der Waals surface area contributed by atoms with Crippen molar-refractivity contribution >= 4 is 57.9 Å². The van der Waals surface area contributed by atoms with Gasteiger partial charge in [0.05, 0.1) is 60.2 Å². The van der Waals surface area contributed by atoms with E-state index in [2.05, 4.69) is 31.1 Å². The summed E-state index contributed by atoms with van der Waals surface area (Å²) >= 11 is 1.36. The number of imidazole rings is 1. The lowest BCUT2D eigenvalue weighted by atomic mass is 9.78. The number of likely N-dealkylation sites (N-methyl/N-ethyl adjacent to an activating group) is 1. The summed E-state index contributed by atoms with van der Waals surface area (Å²) in [6.07, 6.45) is 17.5. The van der Waals surface area contributed by atoms with Crippen molar-refractivity contribution < 1.29 is 33.1 Å². The molecule has 6 N–H and O–H groups in total. The highest BCUT2D eigenvalue weighted by atomic mass is 32.1. The lowest BCUT2D eigenvalue weighted by molar-refractivity contribution is -0.137. The third-order valence-electron chi connectivity index (χ3n) is 14.5. The van der Waals surface area contributed by atoms with E-state index in [1.165, 1.54) is 17.4 Å². The second-order valence-corrected chi connectivity index (χ2v) is 20.3. The van der Waals surface area contributed by atoms with E-state index in [9.17, 15) is 24.0 Å². The number of benzene rings is 2. The zero-order chi connectivity index (χ0) is 51.3. The number of aromatic amines is 1. The van der Waals surface area contributed by atoms with Crippen LogP contribution < -0.4 is 26.4 Å². The number of fused-ring (bicyclic) bond motifs is 1. The van der Waals surface area contributed by atoms with E-state index in [0.717, 1.165) is 74.7 Å². The molecule has 6 heterocycles. The number of hydrogen-bond acceptors (Lipinski definition) is 14. The first-order valence-corrected chi connectivity index (χ1v) is 26.3. The number of amides is 4. The first-order chi connectivity index (χ1) is 36.0. The molecule has 4 amide bonds.